The zero-order valence-electron chi connectivity index (χ0n) is 22.2. The second-order valence-corrected chi connectivity index (χ2v) is 10.1. The summed E-state index contributed by atoms with van der Waals surface area (Å²) in [6, 6.07) is 0. The maximum atomic E-state index is 10.4. The lowest BCUT2D eigenvalue weighted by Gasteiger charge is -2.16. The maximum Gasteiger partial charge on any atom is 0.167 e. The van der Waals surface area contributed by atoms with Gasteiger partial charge in [0.2, 0.25) is 0 Å². The molecule has 2 fully saturated rings. The van der Waals surface area contributed by atoms with Crippen LogP contribution in [-0.4, -0.2) is 133 Å². The first-order valence-corrected chi connectivity index (χ1v) is 13.5. The predicted molar refractivity (Wildman–Crippen MR) is 143 cm³/mol. The SMILES string of the molecule is OC[C@@H]1O[C@H](n2cnc3c(NCCCCNc4ncnc5c4ncn5[C@H]4O[C@@H](CO)[C@@H](O)[C@@H]4O)ncnc32)[C@H](O)[C@@H]1O. The Morgan fingerprint density at radius 3 is 1.43 bits per heavy atom. The van der Waals surface area contributed by atoms with Crippen molar-refractivity contribution in [3.05, 3.63) is 25.3 Å². The molecule has 0 aliphatic carbocycles. The lowest BCUT2D eigenvalue weighted by Crippen LogP contribution is -2.33. The number of imidazole rings is 2. The molecule has 6 rings (SSSR count). The number of nitrogens with zero attached hydrogens (tertiary/aromatic N) is 8. The van der Waals surface area contributed by atoms with E-state index in [9.17, 15) is 30.6 Å². The molecule has 2 aliphatic heterocycles. The Hall–Kier alpha value is -3.62. The fraction of sp³-hybridized carbons (Fsp3) is 0.583. The third-order valence-electron chi connectivity index (χ3n) is 7.49. The van der Waals surface area contributed by atoms with Crippen LogP contribution >= 0.6 is 0 Å². The van der Waals surface area contributed by atoms with Crippen LogP contribution in [0.15, 0.2) is 25.3 Å². The highest BCUT2D eigenvalue weighted by atomic mass is 16.6. The van der Waals surface area contributed by atoms with E-state index in [0.717, 1.165) is 12.8 Å². The van der Waals surface area contributed by atoms with Crippen LogP contribution in [0.3, 0.4) is 0 Å². The number of rotatable bonds is 11. The van der Waals surface area contributed by atoms with Crippen molar-refractivity contribution >= 4 is 34.0 Å². The fourth-order valence-corrected chi connectivity index (χ4v) is 5.22. The van der Waals surface area contributed by atoms with Crippen molar-refractivity contribution in [2.24, 2.45) is 0 Å². The second kappa shape index (κ2) is 11.9. The van der Waals surface area contributed by atoms with Crippen molar-refractivity contribution in [1.82, 2.24) is 39.0 Å². The number of ether oxygens (including phenoxy) is 2. The number of aromatic nitrogens is 8. The number of unbranched alkanes of at least 4 members (excludes halogenated alkanes) is 1. The first kappa shape index (κ1) is 28.5. The monoisotopic (exact) mass is 588 g/mol. The molecule has 8 N–H and O–H groups in total. The second-order valence-electron chi connectivity index (χ2n) is 10.1. The van der Waals surface area contributed by atoms with Crippen LogP contribution in [0, 0.1) is 0 Å². The number of nitrogens with one attached hydrogen (secondary N) is 2. The van der Waals surface area contributed by atoms with Crippen LogP contribution in [0.25, 0.3) is 22.3 Å². The van der Waals surface area contributed by atoms with Crippen LogP contribution in [0.1, 0.15) is 25.3 Å². The van der Waals surface area contributed by atoms with Crippen molar-refractivity contribution in [2.45, 2.75) is 61.9 Å². The zero-order valence-corrected chi connectivity index (χ0v) is 22.2. The van der Waals surface area contributed by atoms with Crippen LogP contribution in [0.2, 0.25) is 0 Å². The van der Waals surface area contributed by atoms with Crippen molar-refractivity contribution in [2.75, 3.05) is 36.9 Å². The number of hydrogen-bond donors (Lipinski definition) is 8. The van der Waals surface area contributed by atoms with E-state index in [2.05, 4.69) is 40.5 Å². The Morgan fingerprint density at radius 1 is 0.619 bits per heavy atom. The van der Waals surface area contributed by atoms with E-state index in [4.69, 9.17) is 9.47 Å². The lowest BCUT2D eigenvalue weighted by molar-refractivity contribution is -0.0511. The summed E-state index contributed by atoms with van der Waals surface area (Å²) in [6.07, 6.45) is -1.53. The molecule has 0 aromatic carbocycles. The average molecular weight is 589 g/mol. The van der Waals surface area contributed by atoms with Gasteiger partial charge in [-0.05, 0) is 12.8 Å². The molecule has 0 bridgehead atoms. The Morgan fingerprint density at radius 2 is 1.05 bits per heavy atom. The molecule has 0 unspecified atom stereocenters. The minimum Gasteiger partial charge on any atom is -0.394 e. The van der Waals surface area contributed by atoms with Gasteiger partial charge in [0.15, 0.2) is 46.4 Å². The Balaban J connectivity index is 1.03. The highest BCUT2D eigenvalue weighted by Crippen LogP contribution is 2.33. The van der Waals surface area contributed by atoms with Gasteiger partial charge >= 0.3 is 0 Å². The zero-order chi connectivity index (χ0) is 29.4. The van der Waals surface area contributed by atoms with Gasteiger partial charge in [-0.2, -0.15) is 0 Å². The predicted octanol–water partition coefficient (Wildman–Crippen LogP) is -2.51. The van der Waals surface area contributed by atoms with Gasteiger partial charge in [-0.3, -0.25) is 9.13 Å². The van der Waals surface area contributed by atoms with Gasteiger partial charge in [-0.25, -0.2) is 29.9 Å². The summed E-state index contributed by atoms with van der Waals surface area (Å²) in [6.45, 7) is 0.292. The number of hydrogen-bond acceptors (Lipinski definition) is 16. The minimum absolute atomic E-state index is 0.410. The summed E-state index contributed by atoms with van der Waals surface area (Å²) in [5.41, 5.74) is 1.77. The molecule has 0 amide bonds. The van der Waals surface area contributed by atoms with Gasteiger partial charge in [0.1, 0.15) is 49.3 Å². The van der Waals surface area contributed by atoms with Gasteiger partial charge in [0.05, 0.1) is 25.9 Å². The van der Waals surface area contributed by atoms with Crippen molar-refractivity contribution in [1.29, 1.82) is 0 Å². The molecule has 18 nitrogen and oxygen atoms in total. The lowest BCUT2D eigenvalue weighted by atomic mass is 10.1. The molecule has 2 aliphatic rings. The van der Waals surface area contributed by atoms with E-state index < -0.39 is 62.3 Å². The number of fused-ring (bicyclic) bond motifs is 2. The summed E-state index contributed by atoms with van der Waals surface area (Å²) in [5.74, 6) is 1.01. The van der Waals surface area contributed by atoms with Crippen molar-refractivity contribution in [3.63, 3.8) is 0 Å². The standard InChI is InChI=1S/C24H32N10O8/c35-5-11-15(37)17(39)23(41-11)33-9-31-13-19(27-7-29-21(13)33)25-3-1-2-4-26-20-14-22(30-8-28-20)34(10-32-14)24-18(40)16(38)12(6-36)42-24/h7-12,15-18,23-24,35-40H,1-6H2,(H,25,27,29)(H,26,28,30)/t11-,12-,15+,16+,17-,18+,23-,24-/m0/s1. The topological polar surface area (TPSA) is 251 Å². The number of aliphatic hydroxyl groups is 6. The minimum atomic E-state index is -1.25. The molecule has 226 valence electrons. The Bertz CT molecular complexity index is 1410. The first-order chi connectivity index (χ1) is 20.4. The molecule has 8 atom stereocenters. The summed E-state index contributed by atoms with van der Waals surface area (Å²) >= 11 is 0. The quantitative estimate of drug-likeness (QED) is 0.0842. The van der Waals surface area contributed by atoms with Gasteiger partial charge in [0.25, 0.3) is 0 Å². The summed E-state index contributed by atoms with van der Waals surface area (Å²) in [4.78, 5) is 25.8. The van der Waals surface area contributed by atoms with E-state index >= 15 is 0 Å². The molecule has 42 heavy (non-hydrogen) atoms. The van der Waals surface area contributed by atoms with Gasteiger partial charge in [-0.1, -0.05) is 0 Å². The molecule has 6 heterocycles. The Kier molecular flexibility index (Phi) is 8.10. The Labute approximate surface area is 237 Å². The van der Waals surface area contributed by atoms with Gasteiger partial charge < -0.3 is 50.7 Å². The average Bonchev–Trinajstić information content (AvgIpc) is 3.76. The smallest absolute Gasteiger partial charge is 0.167 e. The van der Waals surface area contributed by atoms with Gasteiger partial charge in [0, 0.05) is 13.1 Å². The third-order valence-corrected chi connectivity index (χ3v) is 7.49. The van der Waals surface area contributed by atoms with E-state index in [-0.39, 0.29) is 0 Å². The molecule has 0 saturated carbocycles. The van der Waals surface area contributed by atoms with E-state index in [1.54, 1.807) is 0 Å². The molecule has 18 heteroatoms. The molecule has 2 saturated heterocycles. The van der Waals surface area contributed by atoms with Gasteiger partial charge in [-0.15, -0.1) is 0 Å². The van der Waals surface area contributed by atoms with Crippen LogP contribution in [0.4, 0.5) is 11.6 Å². The highest BCUT2D eigenvalue weighted by Gasteiger charge is 2.45. The number of anilines is 2. The van der Waals surface area contributed by atoms with E-state index in [0.29, 0.717) is 47.1 Å². The largest absolute Gasteiger partial charge is 0.394 e. The fourth-order valence-electron chi connectivity index (χ4n) is 5.22. The highest BCUT2D eigenvalue weighted by molar-refractivity contribution is 5.83. The van der Waals surface area contributed by atoms with Crippen LogP contribution in [0.5, 0.6) is 0 Å². The molecule has 4 aromatic heterocycles. The normalized spacial score (nSPS) is 29.6. The van der Waals surface area contributed by atoms with E-state index in [1.807, 2.05) is 0 Å². The maximum absolute atomic E-state index is 10.4. The van der Waals surface area contributed by atoms with E-state index in [1.165, 1.54) is 34.4 Å². The van der Waals surface area contributed by atoms with Crippen molar-refractivity contribution < 1.29 is 40.1 Å². The molecule has 0 radical (unpaired) electrons. The molecule has 0 spiro atoms. The first-order valence-electron chi connectivity index (χ1n) is 13.5. The molecule has 4 aromatic rings. The summed E-state index contributed by atoms with van der Waals surface area (Å²) in [5, 5.41) is 66.1. The van der Waals surface area contributed by atoms with Crippen LogP contribution in [-0.2, 0) is 9.47 Å². The van der Waals surface area contributed by atoms with Crippen molar-refractivity contribution in [3.8, 4) is 0 Å². The number of aliphatic hydroxyl groups excluding tert-OH is 6. The third kappa shape index (κ3) is 5.01. The van der Waals surface area contributed by atoms with Crippen LogP contribution < -0.4 is 10.6 Å². The summed E-state index contributed by atoms with van der Waals surface area (Å²) < 4.78 is 14.2. The molecular weight excluding hydrogens is 556 g/mol. The molecular formula is C24H32N10O8. The summed E-state index contributed by atoms with van der Waals surface area (Å²) in [7, 11) is 0.